The van der Waals surface area contributed by atoms with Crippen LogP contribution in [0.2, 0.25) is 0 Å². The van der Waals surface area contributed by atoms with Gasteiger partial charge in [-0.25, -0.2) is 9.18 Å². The van der Waals surface area contributed by atoms with Crippen LogP contribution >= 0.6 is 0 Å². The molecule has 0 saturated heterocycles. The number of non-ortho nitro benzene ring substituents is 1. The minimum Gasteiger partial charge on any atom is -0.423 e. The maximum Gasteiger partial charge on any atom is 0.343 e. The van der Waals surface area contributed by atoms with E-state index in [1.165, 1.54) is 36.4 Å². The highest BCUT2D eigenvalue weighted by molar-refractivity contribution is 5.91. The molecule has 0 bridgehead atoms. The first-order valence-corrected chi connectivity index (χ1v) is 5.70. The summed E-state index contributed by atoms with van der Waals surface area (Å²) in [5, 5.41) is 10.5. The Hall–Kier alpha value is -2.76. The Morgan fingerprint density at radius 3 is 2.40 bits per heavy atom. The molecule has 0 radical (unpaired) electrons. The standard InChI is InChI=1S/C14H10FNO4/c1-9-2-3-10(8-13(9)15)14(17)20-12-6-4-11(5-7-12)16(18)19/h2-8H,1H3. The minimum absolute atomic E-state index is 0.0754. The third kappa shape index (κ3) is 2.97. The van der Waals surface area contributed by atoms with Crippen LogP contribution in [-0.4, -0.2) is 10.9 Å². The van der Waals surface area contributed by atoms with Crippen molar-refractivity contribution in [3.05, 3.63) is 69.5 Å². The van der Waals surface area contributed by atoms with Gasteiger partial charge in [-0.2, -0.15) is 0 Å². The Kier molecular flexibility index (Phi) is 3.74. The number of aryl methyl sites for hydroxylation is 1. The number of ether oxygens (including phenoxy) is 1. The molecule has 0 amide bonds. The van der Waals surface area contributed by atoms with Crippen molar-refractivity contribution < 1.29 is 18.8 Å². The monoisotopic (exact) mass is 275 g/mol. The van der Waals surface area contributed by atoms with E-state index < -0.39 is 16.7 Å². The topological polar surface area (TPSA) is 69.4 Å². The van der Waals surface area contributed by atoms with E-state index in [1.54, 1.807) is 6.92 Å². The molecule has 0 aliphatic rings. The van der Waals surface area contributed by atoms with Gasteiger partial charge in [0.05, 0.1) is 10.5 Å². The van der Waals surface area contributed by atoms with Gasteiger partial charge in [0.1, 0.15) is 11.6 Å². The van der Waals surface area contributed by atoms with Crippen LogP contribution in [0, 0.1) is 22.9 Å². The molecule has 0 spiro atoms. The van der Waals surface area contributed by atoms with E-state index in [0.29, 0.717) is 5.56 Å². The highest BCUT2D eigenvalue weighted by Gasteiger charge is 2.12. The summed E-state index contributed by atoms with van der Waals surface area (Å²) < 4.78 is 18.3. The lowest BCUT2D eigenvalue weighted by molar-refractivity contribution is -0.384. The second kappa shape index (κ2) is 5.48. The first kappa shape index (κ1) is 13.7. The summed E-state index contributed by atoms with van der Waals surface area (Å²) in [5.41, 5.74) is 0.398. The molecule has 0 aliphatic carbocycles. The van der Waals surface area contributed by atoms with E-state index in [4.69, 9.17) is 4.74 Å². The molecule has 0 unspecified atom stereocenters. The van der Waals surface area contributed by atoms with Crippen molar-refractivity contribution in [3.8, 4) is 5.75 Å². The molecule has 0 aromatic heterocycles. The molecule has 2 aromatic carbocycles. The zero-order valence-corrected chi connectivity index (χ0v) is 10.5. The van der Waals surface area contributed by atoms with E-state index in [9.17, 15) is 19.3 Å². The lowest BCUT2D eigenvalue weighted by Crippen LogP contribution is -2.09. The Labute approximate surface area is 113 Å². The summed E-state index contributed by atoms with van der Waals surface area (Å²) in [6.45, 7) is 1.58. The van der Waals surface area contributed by atoms with E-state index in [1.807, 2.05) is 0 Å². The number of hydrogen-bond acceptors (Lipinski definition) is 4. The van der Waals surface area contributed by atoms with Crippen molar-refractivity contribution in [3.63, 3.8) is 0 Å². The third-order valence-electron chi connectivity index (χ3n) is 2.67. The second-order valence-corrected chi connectivity index (χ2v) is 4.10. The van der Waals surface area contributed by atoms with E-state index >= 15 is 0 Å². The van der Waals surface area contributed by atoms with Crippen LogP contribution in [-0.2, 0) is 0 Å². The Morgan fingerprint density at radius 2 is 1.85 bits per heavy atom. The first-order chi connectivity index (χ1) is 9.47. The summed E-state index contributed by atoms with van der Waals surface area (Å²) in [6, 6.07) is 9.06. The Balaban J connectivity index is 2.14. The molecule has 0 atom stereocenters. The number of halogens is 1. The molecule has 102 valence electrons. The summed E-state index contributed by atoms with van der Waals surface area (Å²) >= 11 is 0. The minimum atomic E-state index is -0.724. The fraction of sp³-hybridized carbons (Fsp3) is 0.0714. The van der Waals surface area contributed by atoms with Crippen molar-refractivity contribution in [2.24, 2.45) is 0 Å². The highest BCUT2D eigenvalue weighted by atomic mass is 19.1. The zero-order valence-electron chi connectivity index (χ0n) is 10.5. The van der Waals surface area contributed by atoms with Crippen molar-refractivity contribution >= 4 is 11.7 Å². The van der Waals surface area contributed by atoms with Gasteiger partial charge in [-0.15, -0.1) is 0 Å². The van der Waals surface area contributed by atoms with Crippen molar-refractivity contribution in [1.82, 2.24) is 0 Å². The maximum absolute atomic E-state index is 13.3. The van der Waals surface area contributed by atoms with Crippen LogP contribution in [0.15, 0.2) is 42.5 Å². The number of carbonyl (C=O) groups is 1. The fourth-order valence-electron chi connectivity index (χ4n) is 1.52. The molecule has 0 saturated carbocycles. The van der Waals surface area contributed by atoms with Crippen LogP contribution < -0.4 is 4.74 Å². The van der Waals surface area contributed by atoms with Crippen LogP contribution in [0.3, 0.4) is 0 Å². The average Bonchev–Trinajstić information content (AvgIpc) is 2.42. The molecule has 6 heteroatoms. The first-order valence-electron chi connectivity index (χ1n) is 5.70. The summed E-state index contributed by atoms with van der Waals surface area (Å²) in [7, 11) is 0. The van der Waals surface area contributed by atoms with Crippen molar-refractivity contribution in [2.45, 2.75) is 6.92 Å². The number of hydrogen-bond donors (Lipinski definition) is 0. The summed E-state index contributed by atoms with van der Waals surface area (Å²) in [5.74, 6) is -1.07. The van der Waals surface area contributed by atoms with Crippen LogP contribution in [0.1, 0.15) is 15.9 Å². The van der Waals surface area contributed by atoms with Crippen molar-refractivity contribution in [2.75, 3.05) is 0 Å². The van der Waals surface area contributed by atoms with Gasteiger partial charge in [-0.05, 0) is 36.8 Å². The number of carbonyl (C=O) groups excluding carboxylic acids is 1. The van der Waals surface area contributed by atoms with E-state index in [-0.39, 0.29) is 17.0 Å². The number of nitrogens with zero attached hydrogens (tertiary/aromatic N) is 1. The van der Waals surface area contributed by atoms with Crippen LogP contribution in [0.5, 0.6) is 5.75 Å². The average molecular weight is 275 g/mol. The van der Waals surface area contributed by atoms with Gasteiger partial charge in [0.2, 0.25) is 0 Å². The van der Waals surface area contributed by atoms with E-state index in [0.717, 1.165) is 6.07 Å². The van der Waals surface area contributed by atoms with Gasteiger partial charge in [0.25, 0.3) is 5.69 Å². The molecule has 0 heterocycles. The highest BCUT2D eigenvalue weighted by Crippen LogP contribution is 2.19. The van der Waals surface area contributed by atoms with E-state index in [2.05, 4.69) is 0 Å². The molecule has 20 heavy (non-hydrogen) atoms. The number of nitro groups is 1. The number of esters is 1. The second-order valence-electron chi connectivity index (χ2n) is 4.10. The molecule has 2 aromatic rings. The fourth-order valence-corrected chi connectivity index (χ4v) is 1.52. The predicted molar refractivity (Wildman–Crippen MR) is 69.2 cm³/mol. The normalized spacial score (nSPS) is 10.1. The maximum atomic E-state index is 13.3. The van der Waals surface area contributed by atoms with Gasteiger partial charge in [0.15, 0.2) is 0 Å². The molecular formula is C14H10FNO4. The molecule has 0 aliphatic heterocycles. The SMILES string of the molecule is Cc1ccc(C(=O)Oc2ccc([N+](=O)[O-])cc2)cc1F. The Bertz CT molecular complexity index is 667. The zero-order chi connectivity index (χ0) is 14.7. The van der Waals surface area contributed by atoms with Gasteiger partial charge in [-0.3, -0.25) is 10.1 Å². The van der Waals surface area contributed by atoms with Gasteiger partial charge >= 0.3 is 5.97 Å². The smallest absolute Gasteiger partial charge is 0.343 e. The summed E-state index contributed by atoms with van der Waals surface area (Å²) in [6.07, 6.45) is 0. The third-order valence-corrected chi connectivity index (χ3v) is 2.67. The van der Waals surface area contributed by atoms with Crippen LogP contribution in [0.4, 0.5) is 10.1 Å². The number of rotatable bonds is 3. The Morgan fingerprint density at radius 1 is 1.20 bits per heavy atom. The lowest BCUT2D eigenvalue weighted by Gasteiger charge is -2.05. The van der Waals surface area contributed by atoms with Gasteiger partial charge in [0, 0.05) is 12.1 Å². The quantitative estimate of drug-likeness (QED) is 0.373. The van der Waals surface area contributed by atoms with Crippen LogP contribution in [0.25, 0.3) is 0 Å². The molecular weight excluding hydrogens is 265 g/mol. The largest absolute Gasteiger partial charge is 0.423 e. The predicted octanol–water partition coefficient (Wildman–Crippen LogP) is 3.26. The number of benzene rings is 2. The summed E-state index contributed by atoms with van der Waals surface area (Å²) in [4.78, 5) is 21.7. The van der Waals surface area contributed by atoms with Gasteiger partial charge in [-0.1, -0.05) is 6.07 Å². The molecule has 0 fully saturated rings. The molecule has 0 N–H and O–H groups in total. The van der Waals surface area contributed by atoms with Crippen molar-refractivity contribution in [1.29, 1.82) is 0 Å². The molecule has 5 nitrogen and oxygen atoms in total. The van der Waals surface area contributed by atoms with Gasteiger partial charge < -0.3 is 4.74 Å². The number of nitro benzene ring substituents is 1. The lowest BCUT2D eigenvalue weighted by atomic mass is 10.1. The molecule has 2 rings (SSSR count).